The minimum absolute atomic E-state index is 0.0495. The number of pyridine rings is 1. The highest BCUT2D eigenvalue weighted by atomic mass is 32.2. The van der Waals surface area contributed by atoms with Crippen LogP contribution in [0.2, 0.25) is 0 Å². The van der Waals surface area contributed by atoms with Crippen LogP contribution in [-0.2, 0) is 14.8 Å². The Morgan fingerprint density at radius 2 is 2.04 bits per heavy atom. The Morgan fingerprint density at radius 3 is 2.73 bits per heavy atom. The average molecular weight is 379 g/mol. The molecule has 0 aliphatic heterocycles. The molecule has 0 aliphatic carbocycles. The Balaban J connectivity index is 1.76. The predicted octanol–water partition coefficient (Wildman–Crippen LogP) is 1.51. The maximum atomic E-state index is 12.9. The van der Waals surface area contributed by atoms with Gasteiger partial charge in [-0.25, -0.2) is 27.3 Å². The van der Waals surface area contributed by atoms with Crippen molar-refractivity contribution in [2.45, 2.75) is 11.0 Å². The molecule has 1 aromatic carbocycles. The molecule has 0 saturated heterocycles. The molecule has 8 nitrogen and oxygen atoms in total. The fourth-order valence-electron chi connectivity index (χ4n) is 2.27. The van der Waals surface area contributed by atoms with E-state index in [9.17, 15) is 22.7 Å². The molecule has 3 rings (SSSR count). The quantitative estimate of drug-likeness (QED) is 0.572. The van der Waals surface area contributed by atoms with E-state index in [0.29, 0.717) is 11.0 Å². The lowest BCUT2D eigenvalue weighted by molar-refractivity contribution is -0.144. The lowest BCUT2D eigenvalue weighted by atomic mass is 10.3. The molecule has 0 radical (unpaired) electrons. The lowest BCUT2D eigenvalue weighted by Crippen LogP contribution is -2.40. The van der Waals surface area contributed by atoms with Gasteiger partial charge >= 0.3 is 5.97 Å². The highest BCUT2D eigenvalue weighted by molar-refractivity contribution is 7.89. The van der Waals surface area contributed by atoms with Crippen LogP contribution in [0.5, 0.6) is 5.75 Å². The van der Waals surface area contributed by atoms with Crippen molar-refractivity contribution < 1.29 is 27.4 Å². The summed E-state index contributed by atoms with van der Waals surface area (Å²) in [5.74, 6) is -1.76. The predicted molar refractivity (Wildman–Crippen MR) is 89.7 cm³/mol. The zero-order valence-electron chi connectivity index (χ0n) is 13.2. The second-order valence-electron chi connectivity index (χ2n) is 5.30. The molecule has 136 valence electrons. The molecule has 0 bridgehead atoms. The van der Waals surface area contributed by atoms with E-state index in [1.807, 2.05) is 0 Å². The number of benzene rings is 1. The van der Waals surface area contributed by atoms with E-state index in [4.69, 9.17) is 4.74 Å². The molecule has 0 aliphatic rings. The molecule has 0 fully saturated rings. The van der Waals surface area contributed by atoms with Gasteiger partial charge in [-0.3, -0.25) is 0 Å². The van der Waals surface area contributed by atoms with Crippen LogP contribution in [0.25, 0.3) is 11.0 Å². The van der Waals surface area contributed by atoms with Gasteiger partial charge in [-0.1, -0.05) is 0 Å². The third-order valence-electron chi connectivity index (χ3n) is 3.53. The fraction of sp³-hybridized carbons (Fsp3) is 0.125. The summed E-state index contributed by atoms with van der Waals surface area (Å²) < 4.78 is 45.3. The summed E-state index contributed by atoms with van der Waals surface area (Å²) >= 11 is 0. The van der Waals surface area contributed by atoms with Crippen molar-refractivity contribution >= 4 is 27.0 Å². The molecule has 26 heavy (non-hydrogen) atoms. The summed E-state index contributed by atoms with van der Waals surface area (Å²) in [6.45, 7) is -0.512. The number of aromatic amines is 1. The highest BCUT2D eigenvalue weighted by Crippen LogP contribution is 2.20. The first-order chi connectivity index (χ1) is 12.4. The first-order valence-electron chi connectivity index (χ1n) is 7.43. The molecule has 2 aromatic heterocycles. The Kier molecular flexibility index (Phi) is 4.87. The van der Waals surface area contributed by atoms with Crippen LogP contribution >= 0.6 is 0 Å². The number of nitrogens with zero attached hydrogens (tertiary/aromatic N) is 1. The van der Waals surface area contributed by atoms with Gasteiger partial charge in [0.1, 0.15) is 22.1 Å². The summed E-state index contributed by atoms with van der Waals surface area (Å²) in [5, 5.41) is 9.62. The topological polar surface area (TPSA) is 121 Å². The number of aromatic nitrogens is 2. The SMILES string of the molecule is O=C(O)C(CNS(=O)(=O)c1c[nH]c2ncccc12)Oc1ccc(F)cc1. The normalized spacial score (nSPS) is 12.8. The maximum absolute atomic E-state index is 12.9. The summed E-state index contributed by atoms with van der Waals surface area (Å²) in [6, 6.07) is 7.90. The van der Waals surface area contributed by atoms with Gasteiger partial charge in [0.15, 0.2) is 0 Å². The van der Waals surface area contributed by atoms with Crippen molar-refractivity contribution in [3.63, 3.8) is 0 Å². The van der Waals surface area contributed by atoms with Crippen LogP contribution in [0.15, 0.2) is 53.7 Å². The van der Waals surface area contributed by atoms with Crippen molar-refractivity contribution in [1.82, 2.24) is 14.7 Å². The standard InChI is InChI=1S/C16H14FN3O5S/c17-10-3-5-11(6-4-10)25-13(16(21)22)8-20-26(23,24)14-9-19-15-12(14)2-1-7-18-15/h1-7,9,13,20H,8H2,(H,18,19)(H,21,22). The summed E-state index contributed by atoms with van der Waals surface area (Å²) in [4.78, 5) is 18.0. The number of sulfonamides is 1. The van der Waals surface area contributed by atoms with Gasteiger partial charge in [0.05, 0.1) is 6.54 Å². The van der Waals surface area contributed by atoms with Gasteiger partial charge in [-0.15, -0.1) is 0 Å². The van der Waals surface area contributed by atoms with Gasteiger partial charge in [-0.2, -0.15) is 0 Å². The number of rotatable bonds is 7. The largest absolute Gasteiger partial charge is 0.478 e. The van der Waals surface area contributed by atoms with E-state index in [-0.39, 0.29) is 10.6 Å². The first-order valence-corrected chi connectivity index (χ1v) is 8.92. The second-order valence-corrected chi connectivity index (χ2v) is 7.04. The van der Waals surface area contributed by atoms with Crippen LogP contribution in [0.3, 0.4) is 0 Å². The van der Waals surface area contributed by atoms with Gasteiger partial charge < -0.3 is 14.8 Å². The minimum atomic E-state index is -4.00. The molecule has 1 unspecified atom stereocenters. The Hall–Kier alpha value is -2.98. The molecule has 10 heteroatoms. The summed E-state index contributed by atoms with van der Waals surface area (Å²) in [7, 11) is -4.00. The van der Waals surface area contributed by atoms with Crippen molar-refractivity contribution in [3.05, 3.63) is 54.6 Å². The molecule has 0 spiro atoms. The average Bonchev–Trinajstić information content (AvgIpc) is 3.05. The van der Waals surface area contributed by atoms with E-state index in [2.05, 4.69) is 14.7 Å². The van der Waals surface area contributed by atoms with Crippen LogP contribution in [-0.4, -0.2) is 42.1 Å². The molecular weight excluding hydrogens is 365 g/mol. The fourth-order valence-corrected chi connectivity index (χ4v) is 3.47. The number of carbonyl (C=O) groups is 1. The first kappa shape index (κ1) is 17.8. The van der Waals surface area contributed by atoms with E-state index < -0.39 is 34.5 Å². The number of carboxylic acid groups (broad SMARTS) is 1. The molecule has 1 atom stereocenters. The number of carboxylic acids is 1. The molecule has 2 heterocycles. The molecule has 0 saturated carbocycles. The van der Waals surface area contributed by atoms with Crippen molar-refractivity contribution in [1.29, 1.82) is 0 Å². The van der Waals surface area contributed by atoms with Crippen molar-refractivity contribution in [2.24, 2.45) is 0 Å². The number of nitrogens with one attached hydrogen (secondary N) is 2. The van der Waals surface area contributed by atoms with Crippen LogP contribution < -0.4 is 9.46 Å². The number of ether oxygens (including phenoxy) is 1. The Labute approximate surface area is 147 Å². The molecule has 3 aromatic rings. The lowest BCUT2D eigenvalue weighted by Gasteiger charge is -2.15. The molecule has 3 N–H and O–H groups in total. The van der Waals surface area contributed by atoms with Crippen molar-refractivity contribution in [2.75, 3.05) is 6.54 Å². The number of halogens is 1. The minimum Gasteiger partial charge on any atom is -0.478 e. The van der Waals surface area contributed by atoms with Crippen LogP contribution in [0, 0.1) is 5.82 Å². The number of fused-ring (bicyclic) bond motifs is 1. The Bertz CT molecular complexity index is 1030. The van der Waals surface area contributed by atoms with Crippen LogP contribution in [0.4, 0.5) is 4.39 Å². The summed E-state index contributed by atoms with van der Waals surface area (Å²) in [6.07, 6.45) is 1.30. The van der Waals surface area contributed by atoms with Gasteiger partial charge in [0.25, 0.3) is 0 Å². The number of hydrogen-bond acceptors (Lipinski definition) is 5. The molecule has 0 amide bonds. The van der Waals surface area contributed by atoms with Gasteiger partial charge in [-0.05, 0) is 36.4 Å². The number of H-pyrrole nitrogens is 1. The van der Waals surface area contributed by atoms with Crippen LogP contribution in [0.1, 0.15) is 0 Å². The number of aliphatic carboxylic acids is 1. The van der Waals surface area contributed by atoms with Gasteiger partial charge in [0.2, 0.25) is 16.1 Å². The van der Waals surface area contributed by atoms with E-state index in [0.717, 1.165) is 12.1 Å². The van der Waals surface area contributed by atoms with E-state index in [1.165, 1.54) is 24.5 Å². The maximum Gasteiger partial charge on any atom is 0.346 e. The van der Waals surface area contributed by atoms with Gasteiger partial charge in [0, 0.05) is 17.8 Å². The zero-order chi connectivity index (χ0) is 18.7. The summed E-state index contributed by atoms with van der Waals surface area (Å²) in [5.41, 5.74) is 0.394. The van der Waals surface area contributed by atoms with E-state index in [1.54, 1.807) is 12.1 Å². The number of hydrogen-bond donors (Lipinski definition) is 3. The second kappa shape index (κ2) is 7.10. The smallest absolute Gasteiger partial charge is 0.346 e. The Morgan fingerprint density at radius 1 is 1.31 bits per heavy atom. The third-order valence-corrected chi connectivity index (χ3v) is 4.99. The zero-order valence-corrected chi connectivity index (χ0v) is 14.0. The molecular formula is C16H14FN3O5S. The van der Waals surface area contributed by atoms with E-state index >= 15 is 0 Å². The highest BCUT2D eigenvalue weighted by Gasteiger charge is 2.25. The monoisotopic (exact) mass is 379 g/mol. The van der Waals surface area contributed by atoms with Crippen molar-refractivity contribution in [3.8, 4) is 5.75 Å². The third kappa shape index (κ3) is 3.81.